The third kappa shape index (κ3) is 5.20. The Balaban J connectivity index is 1.33. The minimum atomic E-state index is -0.263. The normalized spacial score (nSPS) is 13.5. The number of anilines is 3. The highest BCUT2D eigenvalue weighted by Crippen LogP contribution is 2.52. The van der Waals surface area contributed by atoms with Gasteiger partial charge < -0.3 is 9.47 Å². The molecule has 5 nitrogen and oxygen atoms in total. The summed E-state index contributed by atoms with van der Waals surface area (Å²) in [5, 5.41) is 2.29. The second-order valence-electron chi connectivity index (χ2n) is 13.8. The summed E-state index contributed by atoms with van der Waals surface area (Å²) in [7, 11) is 0. The van der Waals surface area contributed by atoms with Crippen LogP contribution < -0.4 is 4.90 Å². The van der Waals surface area contributed by atoms with Crippen molar-refractivity contribution >= 4 is 44.4 Å². The third-order valence-corrected chi connectivity index (χ3v) is 10.4. The van der Waals surface area contributed by atoms with Gasteiger partial charge in [0.1, 0.15) is 0 Å². The monoisotopic (exact) mass is 683 g/mol. The molecule has 5 heteroatoms. The van der Waals surface area contributed by atoms with Crippen LogP contribution in [0, 0.1) is 0 Å². The van der Waals surface area contributed by atoms with E-state index in [1.54, 1.807) is 12.2 Å². The molecular weight excluding hydrogens is 647 g/mol. The number of allylic oxidation sites excluding steroid dienone is 4. The fraction of sp³-hybridized carbons (Fsp3) is 0.0625. The van der Waals surface area contributed by atoms with Crippen LogP contribution in [0.1, 0.15) is 30.8 Å². The largest absolute Gasteiger partial charge is 0.310 e. The number of aromatic nitrogens is 4. The third-order valence-electron chi connectivity index (χ3n) is 10.4. The van der Waals surface area contributed by atoms with Gasteiger partial charge in [-0.3, -0.25) is 0 Å². The van der Waals surface area contributed by atoms with Gasteiger partial charge in [0.25, 0.3) is 0 Å². The molecule has 0 N–H and O–H groups in total. The average Bonchev–Trinajstić information content (AvgIpc) is 3.55. The molecule has 53 heavy (non-hydrogen) atoms. The lowest BCUT2D eigenvalue weighted by atomic mass is 9.73. The predicted octanol–water partition coefficient (Wildman–Crippen LogP) is 12.2. The Morgan fingerprint density at radius 3 is 2.08 bits per heavy atom. The van der Waals surface area contributed by atoms with Crippen molar-refractivity contribution in [2.45, 2.75) is 19.3 Å². The number of fused-ring (bicyclic) bond motifs is 5. The first-order chi connectivity index (χ1) is 26.0. The number of rotatable bonds is 7. The molecule has 9 rings (SSSR count). The Morgan fingerprint density at radius 2 is 1.28 bits per heavy atom. The molecule has 0 saturated carbocycles. The Morgan fingerprint density at radius 1 is 0.604 bits per heavy atom. The van der Waals surface area contributed by atoms with Crippen molar-refractivity contribution in [1.29, 1.82) is 0 Å². The van der Waals surface area contributed by atoms with Crippen molar-refractivity contribution in [3.63, 3.8) is 0 Å². The Bertz CT molecular complexity index is 2740. The van der Waals surface area contributed by atoms with Crippen LogP contribution in [-0.2, 0) is 5.41 Å². The van der Waals surface area contributed by atoms with E-state index in [2.05, 4.69) is 152 Å². The van der Waals surface area contributed by atoms with Gasteiger partial charge in [0.05, 0.1) is 22.4 Å². The van der Waals surface area contributed by atoms with Crippen molar-refractivity contribution in [2.24, 2.45) is 0 Å². The van der Waals surface area contributed by atoms with E-state index in [0.29, 0.717) is 17.5 Å². The Kier molecular flexibility index (Phi) is 7.71. The van der Waals surface area contributed by atoms with Crippen LogP contribution in [-0.4, -0.2) is 19.5 Å². The van der Waals surface area contributed by atoms with E-state index in [-0.39, 0.29) is 5.41 Å². The lowest BCUT2D eigenvalue weighted by Gasteiger charge is -2.42. The summed E-state index contributed by atoms with van der Waals surface area (Å²) in [6, 6.07) is 51.4. The molecule has 0 fully saturated rings. The zero-order chi connectivity index (χ0) is 36.1. The van der Waals surface area contributed by atoms with Crippen LogP contribution in [0.5, 0.6) is 0 Å². The van der Waals surface area contributed by atoms with Gasteiger partial charge in [-0.1, -0.05) is 142 Å². The predicted molar refractivity (Wildman–Crippen MR) is 220 cm³/mol. The van der Waals surface area contributed by atoms with Crippen LogP contribution >= 0.6 is 0 Å². The van der Waals surface area contributed by atoms with Gasteiger partial charge in [0, 0.05) is 44.3 Å². The van der Waals surface area contributed by atoms with E-state index in [4.69, 9.17) is 15.0 Å². The fourth-order valence-corrected chi connectivity index (χ4v) is 7.86. The van der Waals surface area contributed by atoms with E-state index in [0.717, 1.165) is 49.9 Å². The minimum absolute atomic E-state index is 0.263. The van der Waals surface area contributed by atoms with Crippen molar-refractivity contribution in [3.05, 3.63) is 194 Å². The molecule has 0 spiro atoms. The van der Waals surface area contributed by atoms with Crippen LogP contribution in [0.2, 0.25) is 0 Å². The molecule has 0 amide bonds. The van der Waals surface area contributed by atoms with Crippen LogP contribution in [0.15, 0.2) is 177 Å². The molecule has 254 valence electrons. The first-order valence-electron chi connectivity index (χ1n) is 17.9. The molecule has 0 saturated heterocycles. The number of para-hydroxylation sites is 4. The summed E-state index contributed by atoms with van der Waals surface area (Å²) in [6.07, 6.45) is 5.37. The number of benzene rings is 6. The Hall–Kier alpha value is -6.85. The maximum absolute atomic E-state index is 5.14. The van der Waals surface area contributed by atoms with Gasteiger partial charge in [-0.2, -0.15) is 0 Å². The number of hydrogen-bond acceptors (Lipinski definition) is 4. The fourth-order valence-electron chi connectivity index (χ4n) is 7.86. The zero-order valence-electron chi connectivity index (χ0n) is 29.7. The lowest BCUT2D eigenvalue weighted by Crippen LogP contribution is -2.30. The van der Waals surface area contributed by atoms with Gasteiger partial charge in [0.15, 0.2) is 17.5 Å². The van der Waals surface area contributed by atoms with Crippen LogP contribution in [0.3, 0.4) is 0 Å². The Labute approximate surface area is 309 Å². The molecule has 6 aromatic carbocycles. The average molecular weight is 684 g/mol. The van der Waals surface area contributed by atoms with Gasteiger partial charge >= 0.3 is 0 Å². The molecule has 8 aromatic rings. The molecule has 1 aliphatic heterocycles. The number of nitrogens with zero attached hydrogens (tertiary/aromatic N) is 5. The molecule has 2 aromatic heterocycles. The molecule has 0 bridgehead atoms. The summed E-state index contributed by atoms with van der Waals surface area (Å²) in [6.45, 7) is 12.6. The van der Waals surface area contributed by atoms with Gasteiger partial charge in [-0.15, -0.1) is 0 Å². The smallest absolute Gasteiger partial charge is 0.166 e. The van der Waals surface area contributed by atoms with Crippen LogP contribution in [0.4, 0.5) is 17.1 Å². The molecule has 3 heterocycles. The summed E-state index contributed by atoms with van der Waals surface area (Å²) in [5.41, 5.74) is 11.6. The summed E-state index contributed by atoms with van der Waals surface area (Å²) >= 11 is 0. The van der Waals surface area contributed by atoms with E-state index in [9.17, 15) is 0 Å². The first-order valence-corrected chi connectivity index (χ1v) is 17.9. The molecular formula is C48H37N5. The molecule has 1 aliphatic rings. The minimum Gasteiger partial charge on any atom is -0.310 e. The molecule has 0 unspecified atom stereocenters. The highest BCUT2D eigenvalue weighted by Gasteiger charge is 2.37. The second-order valence-corrected chi connectivity index (χ2v) is 13.8. The maximum atomic E-state index is 5.14. The topological polar surface area (TPSA) is 46.8 Å². The zero-order valence-corrected chi connectivity index (χ0v) is 29.7. The van der Waals surface area contributed by atoms with E-state index in [1.165, 1.54) is 22.5 Å². The van der Waals surface area contributed by atoms with Crippen molar-refractivity contribution in [1.82, 2.24) is 19.5 Å². The summed E-state index contributed by atoms with van der Waals surface area (Å²) < 4.78 is 2.38. The molecule has 0 aliphatic carbocycles. The van der Waals surface area contributed by atoms with Crippen molar-refractivity contribution < 1.29 is 0 Å². The van der Waals surface area contributed by atoms with Gasteiger partial charge in [-0.05, 0) is 59.7 Å². The van der Waals surface area contributed by atoms with E-state index >= 15 is 0 Å². The highest BCUT2D eigenvalue weighted by atomic mass is 15.2. The quantitative estimate of drug-likeness (QED) is 0.157. The van der Waals surface area contributed by atoms with Gasteiger partial charge in [-0.25, -0.2) is 15.0 Å². The number of hydrogen-bond donors (Lipinski definition) is 0. The van der Waals surface area contributed by atoms with Crippen molar-refractivity contribution in [3.8, 4) is 28.5 Å². The summed E-state index contributed by atoms with van der Waals surface area (Å²) in [5.74, 6) is 1.72. The molecule has 0 atom stereocenters. The van der Waals surface area contributed by atoms with E-state index in [1.807, 2.05) is 36.4 Å². The summed E-state index contributed by atoms with van der Waals surface area (Å²) in [4.78, 5) is 17.6. The maximum Gasteiger partial charge on any atom is 0.166 e. The standard InChI is InChI=1S/C48H37N5/c1-5-18-32(6-2)45-49-46(33-19-9-7-10-20-33)51-47(50-45)38-25-17-24-37-36-23-13-15-27-41(36)53(44(37)38)35-29-30-43-40(31-35)48(3,4)39-26-14-16-28-42(39)52(43)34-21-11-8-12-22-34/h5-31H,1-2H2,3-4H3/b32-18+. The second kappa shape index (κ2) is 12.7. The van der Waals surface area contributed by atoms with Gasteiger partial charge in [0.2, 0.25) is 0 Å². The van der Waals surface area contributed by atoms with E-state index < -0.39 is 0 Å². The highest BCUT2D eigenvalue weighted by molar-refractivity contribution is 6.13. The van der Waals surface area contributed by atoms with Crippen LogP contribution in [0.25, 0.3) is 55.8 Å². The lowest BCUT2D eigenvalue weighted by molar-refractivity contribution is 0.631. The SMILES string of the molecule is C=C/C=C(\C=C)c1nc(-c2ccccc2)nc(-c2cccc3c4ccccc4n(-c4ccc5c(c4)C(C)(C)c4ccccc4N5c4ccccc4)c23)n1. The van der Waals surface area contributed by atoms with Crippen molar-refractivity contribution in [2.75, 3.05) is 4.90 Å². The first kappa shape index (κ1) is 32.1. The molecule has 0 radical (unpaired) electrons.